The minimum absolute atomic E-state index is 0.220. The van der Waals surface area contributed by atoms with Crippen LogP contribution in [0, 0.1) is 19.7 Å². The summed E-state index contributed by atoms with van der Waals surface area (Å²) in [4.78, 5) is 11.4. The van der Waals surface area contributed by atoms with Crippen molar-refractivity contribution in [3.05, 3.63) is 40.8 Å². The number of fused-ring (bicyclic) bond motifs is 1. The Morgan fingerprint density at radius 2 is 1.80 bits per heavy atom. The number of hydrogen-bond donors (Lipinski definition) is 1. The molecule has 0 amide bonds. The predicted molar refractivity (Wildman–Crippen MR) is 105 cm³/mol. The van der Waals surface area contributed by atoms with E-state index in [9.17, 15) is 4.39 Å². The maximum atomic E-state index is 13.3. The molecule has 0 atom stereocenters. The molecule has 0 aliphatic rings. The molecular formula is C20H24FN3S. The molecule has 0 spiro atoms. The summed E-state index contributed by atoms with van der Waals surface area (Å²) in [6, 6.07) is 6.67. The number of benzene rings is 1. The summed E-state index contributed by atoms with van der Waals surface area (Å²) in [5, 5.41) is 4.55. The van der Waals surface area contributed by atoms with Crippen molar-refractivity contribution in [2.45, 2.75) is 46.5 Å². The van der Waals surface area contributed by atoms with E-state index in [1.165, 1.54) is 36.3 Å². The van der Waals surface area contributed by atoms with Crippen molar-refractivity contribution >= 4 is 27.4 Å². The molecule has 3 rings (SSSR count). The Bertz CT molecular complexity index is 855. The Morgan fingerprint density at radius 1 is 1.04 bits per heavy atom. The molecule has 2 aromatic heterocycles. The average Bonchev–Trinajstić information content (AvgIpc) is 2.91. The second-order valence-corrected chi connectivity index (χ2v) is 7.53. The zero-order valence-electron chi connectivity index (χ0n) is 15.0. The molecule has 2 heterocycles. The van der Waals surface area contributed by atoms with Gasteiger partial charge in [0.2, 0.25) is 0 Å². The fourth-order valence-corrected chi connectivity index (χ4v) is 4.16. The third-order valence-corrected chi connectivity index (χ3v) is 5.29. The second kappa shape index (κ2) is 7.91. The van der Waals surface area contributed by atoms with E-state index in [0.29, 0.717) is 0 Å². The normalized spacial score (nSPS) is 11.2. The number of anilines is 1. The fourth-order valence-electron chi connectivity index (χ4n) is 3.07. The first kappa shape index (κ1) is 17.8. The number of unbranched alkanes of at least 4 members (excludes halogenated alkanes) is 3. The van der Waals surface area contributed by atoms with Crippen molar-refractivity contribution < 1.29 is 4.39 Å². The standard InChI is InChI=1S/C20H24FN3S/c1-4-5-6-7-12-22-19-18-17(15-8-10-16(21)11-9-15)13(2)25-20(18)24-14(3)23-19/h8-11H,4-7,12H2,1-3H3,(H,22,23,24). The summed E-state index contributed by atoms with van der Waals surface area (Å²) in [5.74, 6) is 1.44. The van der Waals surface area contributed by atoms with Crippen molar-refractivity contribution in [3.63, 3.8) is 0 Å². The van der Waals surface area contributed by atoms with Gasteiger partial charge in [-0.3, -0.25) is 0 Å². The Balaban J connectivity index is 1.99. The molecule has 0 unspecified atom stereocenters. The average molecular weight is 357 g/mol. The van der Waals surface area contributed by atoms with Gasteiger partial charge in [-0.1, -0.05) is 38.3 Å². The topological polar surface area (TPSA) is 37.8 Å². The van der Waals surface area contributed by atoms with E-state index in [0.717, 1.165) is 46.0 Å². The van der Waals surface area contributed by atoms with Crippen LogP contribution in [0.15, 0.2) is 24.3 Å². The lowest BCUT2D eigenvalue weighted by molar-refractivity contribution is 0.628. The Hall–Kier alpha value is -2.01. The lowest BCUT2D eigenvalue weighted by Crippen LogP contribution is -2.05. The number of aryl methyl sites for hydroxylation is 2. The lowest BCUT2D eigenvalue weighted by Gasteiger charge is -2.10. The number of nitrogens with zero attached hydrogens (tertiary/aromatic N) is 2. The van der Waals surface area contributed by atoms with Gasteiger partial charge in [-0.05, 0) is 38.0 Å². The molecule has 1 N–H and O–H groups in total. The van der Waals surface area contributed by atoms with Crippen LogP contribution < -0.4 is 5.32 Å². The molecule has 0 saturated heterocycles. The second-order valence-electron chi connectivity index (χ2n) is 6.33. The van der Waals surface area contributed by atoms with E-state index in [4.69, 9.17) is 0 Å². The van der Waals surface area contributed by atoms with E-state index in [1.807, 2.05) is 19.1 Å². The number of rotatable bonds is 7. The van der Waals surface area contributed by atoms with Gasteiger partial charge in [-0.15, -0.1) is 11.3 Å². The van der Waals surface area contributed by atoms with Gasteiger partial charge < -0.3 is 5.32 Å². The zero-order chi connectivity index (χ0) is 17.8. The van der Waals surface area contributed by atoms with Crippen molar-refractivity contribution in [1.29, 1.82) is 0 Å². The summed E-state index contributed by atoms with van der Waals surface area (Å²) >= 11 is 1.67. The van der Waals surface area contributed by atoms with Gasteiger partial charge in [0.05, 0.1) is 5.39 Å². The third-order valence-electron chi connectivity index (χ3n) is 4.30. The molecule has 132 valence electrons. The van der Waals surface area contributed by atoms with E-state index in [2.05, 4.69) is 29.1 Å². The van der Waals surface area contributed by atoms with Crippen LogP contribution in [-0.4, -0.2) is 16.5 Å². The van der Waals surface area contributed by atoms with Gasteiger partial charge in [-0.25, -0.2) is 14.4 Å². The molecule has 0 aliphatic carbocycles. The van der Waals surface area contributed by atoms with E-state index >= 15 is 0 Å². The molecule has 25 heavy (non-hydrogen) atoms. The highest BCUT2D eigenvalue weighted by molar-refractivity contribution is 7.19. The van der Waals surface area contributed by atoms with Crippen molar-refractivity contribution in [3.8, 4) is 11.1 Å². The monoisotopic (exact) mass is 357 g/mol. The van der Waals surface area contributed by atoms with Gasteiger partial charge in [0.1, 0.15) is 22.3 Å². The minimum atomic E-state index is -0.220. The van der Waals surface area contributed by atoms with Gasteiger partial charge >= 0.3 is 0 Å². The summed E-state index contributed by atoms with van der Waals surface area (Å²) in [7, 11) is 0. The predicted octanol–water partition coefficient (Wildman–Crippen LogP) is 6.11. The van der Waals surface area contributed by atoms with Crippen LogP contribution in [0.1, 0.15) is 43.3 Å². The minimum Gasteiger partial charge on any atom is -0.369 e. The first-order valence-corrected chi connectivity index (χ1v) is 9.69. The van der Waals surface area contributed by atoms with Gasteiger partial charge in [0.25, 0.3) is 0 Å². The largest absolute Gasteiger partial charge is 0.369 e. The Morgan fingerprint density at radius 3 is 2.52 bits per heavy atom. The number of thiophene rings is 1. The highest BCUT2D eigenvalue weighted by Gasteiger charge is 2.17. The first-order chi connectivity index (χ1) is 12.1. The number of hydrogen-bond acceptors (Lipinski definition) is 4. The van der Waals surface area contributed by atoms with E-state index < -0.39 is 0 Å². The SMILES string of the molecule is CCCCCCNc1nc(C)nc2sc(C)c(-c3ccc(F)cc3)c12. The molecule has 0 radical (unpaired) electrons. The van der Waals surface area contributed by atoms with Gasteiger partial charge in [0.15, 0.2) is 0 Å². The van der Waals surface area contributed by atoms with Crippen molar-refractivity contribution in [2.24, 2.45) is 0 Å². The molecule has 0 bridgehead atoms. The van der Waals surface area contributed by atoms with Crippen LogP contribution in [0.5, 0.6) is 0 Å². The van der Waals surface area contributed by atoms with Crippen LogP contribution >= 0.6 is 11.3 Å². The molecule has 5 heteroatoms. The summed E-state index contributed by atoms with van der Waals surface area (Å²) in [5.41, 5.74) is 2.11. The van der Waals surface area contributed by atoms with Crippen molar-refractivity contribution in [1.82, 2.24) is 9.97 Å². The summed E-state index contributed by atoms with van der Waals surface area (Å²) in [6.07, 6.45) is 4.85. The molecule has 0 aliphatic heterocycles. The Kier molecular flexibility index (Phi) is 5.63. The maximum absolute atomic E-state index is 13.3. The lowest BCUT2D eigenvalue weighted by atomic mass is 10.0. The maximum Gasteiger partial charge on any atom is 0.139 e. The fraction of sp³-hybridized carbons (Fsp3) is 0.400. The van der Waals surface area contributed by atoms with E-state index in [-0.39, 0.29) is 5.82 Å². The van der Waals surface area contributed by atoms with Crippen LogP contribution in [-0.2, 0) is 0 Å². The molecule has 3 nitrogen and oxygen atoms in total. The van der Waals surface area contributed by atoms with Crippen molar-refractivity contribution in [2.75, 3.05) is 11.9 Å². The Labute approximate surface area is 152 Å². The number of halogens is 1. The van der Waals surface area contributed by atoms with Crippen LogP contribution in [0.25, 0.3) is 21.3 Å². The number of aromatic nitrogens is 2. The highest BCUT2D eigenvalue weighted by atomic mass is 32.1. The quantitative estimate of drug-likeness (QED) is 0.519. The molecule has 0 saturated carbocycles. The van der Waals surface area contributed by atoms with Crippen LogP contribution in [0.2, 0.25) is 0 Å². The van der Waals surface area contributed by atoms with Crippen LogP contribution in [0.4, 0.5) is 10.2 Å². The molecule has 1 aromatic carbocycles. The molecular weight excluding hydrogens is 333 g/mol. The highest BCUT2D eigenvalue weighted by Crippen LogP contribution is 2.40. The van der Waals surface area contributed by atoms with E-state index in [1.54, 1.807) is 11.3 Å². The summed E-state index contributed by atoms with van der Waals surface area (Å²) in [6.45, 7) is 7.14. The van der Waals surface area contributed by atoms with Gasteiger partial charge in [0, 0.05) is 17.0 Å². The summed E-state index contributed by atoms with van der Waals surface area (Å²) < 4.78 is 13.3. The molecule has 0 fully saturated rings. The zero-order valence-corrected chi connectivity index (χ0v) is 15.8. The third kappa shape index (κ3) is 3.98. The molecule has 3 aromatic rings. The number of nitrogens with one attached hydrogen (secondary N) is 1. The van der Waals surface area contributed by atoms with Crippen LogP contribution in [0.3, 0.4) is 0 Å². The smallest absolute Gasteiger partial charge is 0.139 e. The van der Waals surface area contributed by atoms with Gasteiger partial charge in [-0.2, -0.15) is 0 Å². The first-order valence-electron chi connectivity index (χ1n) is 8.87.